The maximum atomic E-state index is 11.1. The summed E-state index contributed by atoms with van der Waals surface area (Å²) < 4.78 is 0. The Morgan fingerprint density at radius 1 is 1.23 bits per heavy atom. The van der Waals surface area contributed by atoms with Crippen molar-refractivity contribution in [3.05, 3.63) is 48.2 Å². The third kappa shape index (κ3) is 1.78. The van der Waals surface area contributed by atoms with E-state index in [2.05, 4.69) is 5.32 Å². The van der Waals surface area contributed by atoms with E-state index in [0.29, 0.717) is 6.42 Å². The number of nitrogens with one attached hydrogen (secondary N) is 1. The van der Waals surface area contributed by atoms with E-state index in [9.17, 15) is 4.79 Å². The van der Waals surface area contributed by atoms with Crippen molar-refractivity contribution in [2.45, 2.75) is 12.3 Å². The van der Waals surface area contributed by atoms with E-state index in [1.807, 2.05) is 36.4 Å². The normalized spacial score (nSPS) is 21.2. The molecular formula is C11H11NO. The van der Waals surface area contributed by atoms with Gasteiger partial charge in [0.2, 0.25) is 5.91 Å². The highest BCUT2D eigenvalue weighted by Gasteiger charge is 2.15. The van der Waals surface area contributed by atoms with Gasteiger partial charge in [0.1, 0.15) is 0 Å². The molecule has 0 saturated heterocycles. The Morgan fingerprint density at radius 2 is 2.00 bits per heavy atom. The highest BCUT2D eigenvalue weighted by Crippen LogP contribution is 2.22. The van der Waals surface area contributed by atoms with E-state index in [4.69, 9.17) is 0 Å². The zero-order valence-electron chi connectivity index (χ0n) is 7.23. The fraction of sp³-hybridized carbons (Fsp3) is 0.182. The van der Waals surface area contributed by atoms with Crippen molar-refractivity contribution in [1.82, 2.24) is 5.32 Å². The van der Waals surface area contributed by atoms with E-state index in [1.54, 1.807) is 6.20 Å². The number of rotatable bonds is 1. The molecule has 0 spiro atoms. The molecule has 0 radical (unpaired) electrons. The summed E-state index contributed by atoms with van der Waals surface area (Å²) in [5, 5.41) is 2.66. The van der Waals surface area contributed by atoms with Gasteiger partial charge in [0, 0.05) is 18.5 Å². The van der Waals surface area contributed by atoms with E-state index in [1.165, 1.54) is 5.56 Å². The molecule has 1 aliphatic rings. The summed E-state index contributed by atoms with van der Waals surface area (Å²) in [6, 6.07) is 10.1. The molecule has 1 aliphatic heterocycles. The fourth-order valence-corrected chi connectivity index (χ4v) is 1.51. The maximum Gasteiger partial charge on any atom is 0.224 e. The van der Waals surface area contributed by atoms with E-state index >= 15 is 0 Å². The van der Waals surface area contributed by atoms with Crippen LogP contribution in [0.5, 0.6) is 0 Å². The van der Waals surface area contributed by atoms with Gasteiger partial charge in [0.15, 0.2) is 0 Å². The minimum Gasteiger partial charge on any atom is -0.333 e. The van der Waals surface area contributed by atoms with Gasteiger partial charge >= 0.3 is 0 Å². The summed E-state index contributed by atoms with van der Waals surface area (Å²) in [6.07, 6.45) is 4.31. The summed E-state index contributed by atoms with van der Waals surface area (Å²) >= 11 is 0. The number of amides is 1. The molecule has 1 aromatic rings. The van der Waals surface area contributed by atoms with Gasteiger partial charge in [-0.1, -0.05) is 36.4 Å². The molecule has 1 amide bonds. The minimum atomic E-state index is 0.0938. The molecule has 1 aromatic carbocycles. The van der Waals surface area contributed by atoms with Crippen LogP contribution in [0.25, 0.3) is 0 Å². The van der Waals surface area contributed by atoms with Crippen molar-refractivity contribution in [3.63, 3.8) is 0 Å². The van der Waals surface area contributed by atoms with Crippen molar-refractivity contribution in [3.8, 4) is 0 Å². The van der Waals surface area contributed by atoms with Gasteiger partial charge in [-0.3, -0.25) is 4.79 Å². The molecule has 2 rings (SSSR count). The van der Waals surface area contributed by atoms with Crippen LogP contribution in [0.4, 0.5) is 0 Å². The molecule has 0 aromatic heterocycles. The molecule has 66 valence electrons. The molecule has 1 N–H and O–H groups in total. The van der Waals surface area contributed by atoms with Gasteiger partial charge in [0.05, 0.1) is 0 Å². The van der Waals surface area contributed by atoms with Gasteiger partial charge in [-0.25, -0.2) is 0 Å². The Hall–Kier alpha value is -1.57. The van der Waals surface area contributed by atoms with Crippen LogP contribution < -0.4 is 5.32 Å². The van der Waals surface area contributed by atoms with Crippen LogP contribution >= 0.6 is 0 Å². The van der Waals surface area contributed by atoms with Crippen LogP contribution in [0.1, 0.15) is 17.9 Å². The summed E-state index contributed by atoms with van der Waals surface area (Å²) in [5.74, 6) is 0.339. The van der Waals surface area contributed by atoms with Crippen LogP contribution in [-0.4, -0.2) is 5.91 Å². The molecule has 1 atom stereocenters. The zero-order chi connectivity index (χ0) is 9.10. The summed E-state index contributed by atoms with van der Waals surface area (Å²) in [6.45, 7) is 0. The highest BCUT2D eigenvalue weighted by atomic mass is 16.1. The van der Waals surface area contributed by atoms with Crippen LogP contribution in [0.15, 0.2) is 42.6 Å². The van der Waals surface area contributed by atoms with Gasteiger partial charge in [-0.15, -0.1) is 0 Å². The van der Waals surface area contributed by atoms with Crippen LogP contribution in [-0.2, 0) is 4.79 Å². The monoisotopic (exact) mass is 173 g/mol. The number of allylic oxidation sites excluding steroid dienone is 1. The molecule has 0 aliphatic carbocycles. The summed E-state index contributed by atoms with van der Waals surface area (Å²) in [4.78, 5) is 11.1. The predicted octanol–water partition coefficient (Wildman–Crippen LogP) is 1.80. The molecule has 1 heterocycles. The van der Waals surface area contributed by atoms with Gasteiger partial charge in [0.25, 0.3) is 0 Å². The number of hydrogen-bond acceptors (Lipinski definition) is 1. The first-order chi connectivity index (χ1) is 6.36. The number of carbonyl (C=O) groups excluding carboxylic acids is 1. The number of hydrogen-bond donors (Lipinski definition) is 1. The van der Waals surface area contributed by atoms with E-state index < -0.39 is 0 Å². The lowest BCUT2D eigenvalue weighted by molar-refractivity contribution is -0.120. The first-order valence-corrected chi connectivity index (χ1v) is 4.37. The molecule has 2 heteroatoms. The Bertz CT molecular complexity index is 329. The van der Waals surface area contributed by atoms with Crippen molar-refractivity contribution in [2.24, 2.45) is 0 Å². The molecule has 13 heavy (non-hydrogen) atoms. The molecule has 1 unspecified atom stereocenters. The quantitative estimate of drug-likeness (QED) is 0.689. The number of benzene rings is 1. The minimum absolute atomic E-state index is 0.0938. The van der Waals surface area contributed by atoms with Gasteiger partial charge < -0.3 is 5.32 Å². The first-order valence-electron chi connectivity index (χ1n) is 4.37. The standard InChI is InChI=1S/C11H11NO/c13-11-8-10(6-7-12-11)9-4-2-1-3-5-9/h1-7,10H,8H2,(H,12,13). The van der Waals surface area contributed by atoms with Crippen LogP contribution in [0.2, 0.25) is 0 Å². The van der Waals surface area contributed by atoms with Gasteiger partial charge in [-0.05, 0) is 5.56 Å². The molecule has 0 bridgehead atoms. The fourth-order valence-electron chi connectivity index (χ4n) is 1.51. The van der Waals surface area contributed by atoms with Gasteiger partial charge in [-0.2, -0.15) is 0 Å². The van der Waals surface area contributed by atoms with Crippen LogP contribution in [0.3, 0.4) is 0 Å². The summed E-state index contributed by atoms with van der Waals surface area (Å²) in [7, 11) is 0. The Morgan fingerprint density at radius 3 is 2.69 bits per heavy atom. The predicted molar refractivity (Wildman–Crippen MR) is 51.1 cm³/mol. The summed E-state index contributed by atoms with van der Waals surface area (Å²) in [5.41, 5.74) is 1.20. The highest BCUT2D eigenvalue weighted by molar-refractivity contribution is 5.79. The zero-order valence-corrected chi connectivity index (χ0v) is 7.23. The van der Waals surface area contributed by atoms with Crippen molar-refractivity contribution < 1.29 is 4.79 Å². The number of carbonyl (C=O) groups is 1. The molecular weight excluding hydrogens is 162 g/mol. The third-order valence-corrected chi connectivity index (χ3v) is 2.21. The van der Waals surface area contributed by atoms with Crippen LogP contribution in [0, 0.1) is 0 Å². The Kier molecular flexibility index (Phi) is 2.13. The molecule has 0 saturated carbocycles. The average Bonchev–Trinajstić information content (AvgIpc) is 2.19. The Balaban J connectivity index is 2.22. The first kappa shape index (κ1) is 8.05. The van der Waals surface area contributed by atoms with E-state index in [0.717, 1.165) is 0 Å². The smallest absolute Gasteiger partial charge is 0.224 e. The lowest BCUT2D eigenvalue weighted by Crippen LogP contribution is -2.23. The Labute approximate surface area is 77.3 Å². The SMILES string of the molecule is O=C1CC(c2ccccc2)C=CN1. The second-order valence-electron chi connectivity index (χ2n) is 3.15. The van der Waals surface area contributed by atoms with Crippen molar-refractivity contribution in [2.75, 3.05) is 0 Å². The largest absolute Gasteiger partial charge is 0.333 e. The topological polar surface area (TPSA) is 29.1 Å². The van der Waals surface area contributed by atoms with Crippen molar-refractivity contribution in [1.29, 1.82) is 0 Å². The maximum absolute atomic E-state index is 11.1. The molecule has 0 fully saturated rings. The second-order valence-corrected chi connectivity index (χ2v) is 3.15. The lowest BCUT2D eigenvalue weighted by Gasteiger charge is -2.16. The average molecular weight is 173 g/mol. The lowest BCUT2D eigenvalue weighted by atomic mass is 9.94. The van der Waals surface area contributed by atoms with E-state index in [-0.39, 0.29) is 11.8 Å². The molecule has 2 nitrogen and oxygen atoms in total. The second kappa shape index (κ2) is 3.44. The van der Waals surface area contributed by atoms with Crippen molar-refractivity contribution >= 4 is 5.91 Å². The third-order valence-electron chi connectivity index (χ3n) is 2.21.